The van der Waals surface area contributed by atoms with Gasteiger partial charge in [0.05, 0.1) is 23.4 Å². The van der Waals surface area contributed by atoms with Crippen molar-refractivity contribution in [3.63, 3.8) is 0 Å². The number of likely N-dealkylation sites (N-methyl/N-ethyl adjacent to an activating group) is 1. The Bertz CT molecular complexity index is 640. The van der Waals surface area contributed by atoms with Gasteiger partial charge in [0.15, 0.2) is 0 Å². The van der Waals surface area contributed by atoms with Crippen LogP contribution >= 0.6 is 0 Å². The summed E-state index contributed by atoms with van der Waals surface area (Å²) in [4.78, 5) is 19.8. The number of anilines is 2. The van der Waals surface area contributed by atoms with E-state index >= 15 is 0 Å². The fraction of sp³-hybridized carbons (Fsp3) is 0.286. The van der Waals surface area contributed by atoms with Gasteiger partial charge in [0.25, 0.3) is 0 Å². The highest BCUT2D eigenvalue weighted by atomic mass is 16.2. The maximum Gasteiger partial charge on any atom is 0.241 e. The first kappa shape index (κ1) is 11.8. The maximum atomic E-state index is 11.8. The molecule has 0 bridgehead atoms. The van der Waals surface area contributed by atoms with Crippen LogP contribution in [0.1, 0.15) is 0 Å². The summed E-state index contributed by atoms with van der Waals surface area (Å²) in [6, 6.07) is 7.73. The Morgan fingerprint density at radius 3 is 2.89 bits per heavy atom. The van der Waals surface area contributed by atoms with E-state index in [9.17, 15) is 4.79 Å². The lowest BCUT2D eigenvalue weighted by Crippen LogP contribution is -2.48. The van der Waals surface area contributed by atoms with Crippen molar-refractivity contribution in [1.29, 1.82) is 0 Å². The van der Waals surface area contributed by atoms with E-state index in [0.29, 0.717) is 12.2 Å². The van der Waals surface area contributed by atoms with E-state index in [1.54, 1.807) is 11.1 Å². The molecule has 3 rings (SSSR count). The number of benzene rings is 1. The molecule has 0 saturated carbocycles. The van der Waals surface area contributed by atoms with Crippen LogP contribution in [0, 0.1) is 0 Å². The lowest BCUT2D eigenvalue weighted by atomic mass is 10.1. The van der Waals surface area contributed by atoms with Gasteiger partial charge in [-0.1, -0.05) is 0 Å². The Balaban J connectivity index is 2.01. The molecular weight excluding hydrogens is 240 g/mol. The summed E-state index contributed by atoms with van der Waals surface area (Å²) in [5.41, 5.74) is 8.72. The van der Waals surface area contributed by atoms with Gasteiger partial charge in [0, 0.05) is 31.7 Å². The summed E-state index contributed by atoms with van der Waals surface area (Å²) in [5.74, 6) is 0.122. The van der Waals surface area contributed by atoms with Gasteiger partial charge in [-0.2, -0.15) is 0 Å². The molecule has 5 heteroatoms. The molecule has 1 amide bonds. The number of aromatic nitrogens is 1. The minimum absolute atomic E-state index is 0.122. The van der Waals surface area contributed by atoms with E-state index in [0.717, 1.165) is 29.7 Å². The number of nitrogen functional groups attached to an aromatic ring is 1. The predicted molar refractivity (Wildman–Crippen MR) is 76.0 cm³/mol. The molecule has 1 aromatic heterocycles. The number of hydrogen-bond donors (Lipinski definition) is 1. The largest absolute Gasteiger partial charge is 0.396 e. The third-order valence-corrected chi connectivity index (χ3v) is 3.60. The molecule has 2 heterocycles. The number of fused-ring (bicyclic) bond motifs is 1. The molecule has 98 valence electrons. The zero-order chi connectivity index (χ0) is 13.4. The quantitative estimate of drug-likeness (QED) is 0.776. The number of nitrogens with zero attached hydrogens (tertiary/aromatic N) is 3. The van der Waals surface area contributed by atoms with Gasteiger partial charge in [0.1, 0.15) is 0 Å². The number of amides is 1. The van der Waals surface area contributed by atoms with Crippen molar-refractivity contribution >= 4 is 28.2 Å². The molecular formula is C14H16N4O. The Kier molecular flexibility index (Phi) is 2.74. The topological polar surface area (TPSA) is 62.5 Å². The zero-order valence-corrected chi connectivity index (χ0v) is 10.8. The maximum absolute atomic E-state index is 11.8. The molecule has 1 aliphatic heterocycles. The van der Waals surface area contributed by atoms with Crippen molar-refractivity contribution in [1.82, 2.24) is 9.88 Å². The molecule has 0 atom stereocenters. The fourth-order valence-corrected chi connectivity index (χ4v) is 2.40. The van der Waals surface area contributed by atoms with E-state index in [2.05, 4.69) is 4.98 Å². The molecule has 0 spiro atoms. The van der Waals surface area contributed by atoms with Crippen LogP contribution in [-0.4, -0.2) is 42.5 Å². The molecule has 1 aromatic carbocycles. The van der Waals surface area contributed by atoms with Crippen molar-refractivity contribution in [3.05, 3.63) is 30.5 Å². The number of rotatable bonds is 1. The summed E-state index contributed by atoms with van der Waals surface area (Å²) in [5, 5.41) is 0.936. The number of pyridine rings is 1. The van der Waals surface area contributed by atoms with Crippen LogP contribution in [0.4, 0.5) is 11.4 Å². The minimum Gasteiger partial charge on any atom is -0.396 e. The van der Waals surface area contributed by atoms with E-state index < -0.39 is 0 Å². The van der Waals surface area contributed by atoms with Crippen LogP contribution in [-0.2, 0) is 4.79 Å². The average molecular weight is 256 g/mol. The second-order valence-corrected chi connectivity index (χ2v) is 4.81. The smallest absolute Gasteiger partial charge is 0.241 e. The molecule has 5 nitrogen and oxygen atoms in total. The minimum atomic E-state index is 0.122. The van der Waals surface area contributed by atoms with Crippen molar-refractivity contribution in [2.75, 3.05) is 37.3 Å². The van der Waals surface area contributed by atoms with E-state index in [1.165, 1.54) is 0 Å². The molecule has 0 aliphatic carbocycles. The number of nitrogens with two attached hydrogens (primary N) is 1. The van der Waals surface area contributed by atoms with Crippen LogP contribution in [0.5, 0.6) is 0 Å². The third kappa shape index (κ3) is 1.97. The lowest BCUT2D eigenvalue weighted by Gasteiger charge is -2.34. The van der Waals surface area contributed by atoms with Gasteiger partial charge < -0.3 is 15.5 Å². The standard InChI is InChI=1S/C14H16N4O/c1-17-7-8-18(9-13(17)19)12-5-4-11-10(14(12)15)3-2-6-16-11/h2-6H,7-9,15H2,1H3. The third-order valence-electron chi connectivity index (χ3n) is 3.60. The fourth-order valence-electron chi connectivity index (χ4n) is 2.40. The van der Waals surface area contributed by atoms with Gasteiger partial charge in [0.2, 0.25) is 5.91 Å². The van der Waals surface area contributed by atoms with Gasteiger partial charge >= 0.3 is 0 Å². The van der Waals surface area contributed by atoms with Crippen LogP contribution in [0.3, 0.4) is 0 Å². The van der Waals surface area contributed by atoms with Crippen molar-refractivity contribution in [3.8, 4) is 0 Å². The highest BCUT2D eigenvalue weighted by Gasteiger charge is 2.22. The summed E-state index contributed by atoms with van der Waals surface area (Å²) < 4.78 is 0. The Hall–Kier alpha value is -2.30. The second kappa shape index (κ2) is 4.42. The monoisotopic (exact) mass is 256 g/mol. The van der Waals surface area contributed by atoms with Gasteiger partial charge in [-0.15, -0.1) is 0 Å². The number of carbonyl (C=O) groups excluding carboxylic acids is 1. The number of carbonyl (C=O) groups is 1. The highest BCUT2D eigenvalue weighted by molar-refractivity contribution is 5.98. The Labute approximate surface area is 111 Å². The summed E-state index contributed by atoms with van der Waals surface area (Å²) in [7, 11) is 1.83. The average Bonchev–Trinajstić information content (AvgIpc) is 2.43. The van der Waals surface area contributed by atoms with E-state index in [1.807, 2.05) is 36.2 Å². The van der Waals surface area contributed by atoms with E-state index in [-0.39, 0.29) is 5.91 Å². The van der Waals surface area contributed by atoms with Gasteiger partial charge in [-0.3, -0.25) is 9.78 Å². The summed E-state index contributed by atoms with van der Waals surface area (Å²) in [6.07, 6.45) is 1.75. The lowest BCUT2D eigenvalue weighted by molar-refractivity contribution is -0.129. The molecule has 1 aliphatic rings. The zero-order valence-electron chi connectivity index (χ0n) is 10.8. The first-order valence-electron chi connectivity index (χ1n) is 6.29. The molecule has 0 unspecified atom stereocenters. The van der Waals surface area contributed by atoms with Gasteiger partial charge in [-0.05, 0) is 24.3 Å². The van der Waals surface area contributed by atoms with E-state index in [4.69, 9.17) is 5.73 Å². The Morgan fingerprint density at radius 1 is 1.26 bits per heavy atom. The Morgan fingerprint density at radius 2 is 2.11 bits per heavy atom. The number of piperazine rings is 1. The van der Waals surface area contributed by atoms with Crippen LogP contribution < -0.4 is 10.6 Å². The van der Waals surface area contributed by atoms with Crippen LogP contribution in [0.2, 0.25) is 0 Å². The van der Waals surface area contributed by atoms with Crippen molar-refractivity contribution in [2.24, 2.45) is 0 Å². The molecule has 19 heavy (non-hydrogen) atoms. The van der Waals surface area contributed by atoms with Gasteiger partial charge in [-0.25, -0.2) is 0 Å². The SMILES string of the molecule is CN1CCN(c2ccc3ncccc3c2N)CC1=O. The van der Waals surface area contributed by atoms with Crippen molar-refractivity contribution in [2.45, 2.75) is 0 Å². The normalized spacial score (nSPS) is 16.2. The first-order valence-corrected chi connectivity index (χ1v) is 6.29. The molecule has 1 fully saturated rings. The molecule has 2 N–H and O–H groups in total. The molecule has 2 aromatic rings. The molecule has 1 saturated heterocycles. The number of hydrogen-bond acceptors (Lipinski definition) is 4. The van der Waals surface area contributed by atoms with Crippen molar-refractivity contribution < 1.29 is 4.79 Å². The summed E-state index contributed by atoms with van der Waals surface area (Å²) >= 11 is 0. The predicted octanol–water partition coefficient (Wildman–Crippen LogP) is 1.10. The second-order valence-electron chi connectivity index (χ2n) is 4.81. The highest BCUT2D eigenvalue weighted by Crippen LogP contribution is 2.30. The molecule has 0 radical (unpaired) electrons. The van der Waals surface area contributed by atoms with Crippen LogP contribution in [0.25, 0.3) is 10.9 Å². The first-order chi connectivity index (χ1) is 9.16. The van der Waals surface area contributed by atoms with Crippen LogP contribution in [0.15, 0.2) is 30.5 Å². The summed E-state index contributed by atoms with van der Waals surface area (Å²) in [6.45, 7) is 1.91.